The highest BCUT2D eigenvalue weighted by Crippen LogP contribution is 2.25. The summed E-state index contributed by atoms with van der Waals surface area (Å²) in [5, 5.41) is 9.95. The lowest BCUT2D eigenvalue weighted by molar-refractivity contribution is 0.149. The Bertz CT molecular complexity index is 297. The molecule has 0 aromatic heterocycles. The highest BCUT2D eigenvalue weighted by Gasteiger charge is 2.22. The van der Waals surface area contributed by atoms with Crippen molar-refractivity contribution >= 4 is 11.6 Å². The molecule has 1 unspecified atom stereocenters. The van der Waals surface area contributed by atoms with Crippen LogP contribution >= 0.6 is 11.6 Å². The van der Waals surface area contributed by atoms with Crippen LogP contribution < -0.4 is 5.73 Å². The molecule has 2 nitrogen and oxygen atoms in total. The zero-order chi connectivity index (χ0) is 10.6. The van der Waals surface area contributed by atoms with Crippen molar-refractivity contribution in [3.05, 3.63) is 34.9 Å². The molecule has 0 saturated carbocycles. The lowest BCUT2D eigenvalue weighted by Crippen LogP contribution is -2.33. The molecule has 78 valence electrons. The summed E-state index contributed by atoms with van der Waals surface area (Å²) in [6, 6.07) is 7.65. The van der Waals surface area contributed by atoms with E-state index in [1.54, 1.807) is 0 Å². The van der Waals surface area contributed by atoms with Gasteiger partial charge in [0.05, 0.1) is 0 Å². The number of benzene rings is 1. The number of aliphatic hydroxyl groups excluding tert-OH is 1. The van der Waals surface area contributed by atoms with Gasteiger partial charge in [-0.3, -0.25) is 0 Å². The minimum Gasteiger partial charge on any atom is -0.396 e. The maximum atomic E-state index is 9.21. The van der Waals surface area contributed by atoms with Crippen molar-refractivity contribution in [1.29, 1.82) is 0 Å². The highest BCUT2D eigenvalue weighted by molar-refractivity contribution is 6.31. The van der Waals surface area contributed by atoms with E-state index in [0.717, 1.165) is 10.6 Å². The van der Waals surface area contributed by atoms with Gasteiger partial charge in [0.2, 0.25) is 0 Å². The van der Waals surface area contributed by atoms with E-state index in [2.05, 4.69) is 0 Å². The van der Waals surface area contributed by atoms with Crippen LogP contribution in [0.25, 0.3) is 0 Å². The van der Waals surface area contributed by atoms with Crippen molar-refractivity contribution in [3.63, 3.8) is 0 Å². The summed E-state index contributed by atoms with van der Waals surface area (Å²) in [6.45, 7) is 2.49. The quantitative estimate of drug-likeness (QED) is 0.802. The summed E-state index contributed by atoms with van der Waals surface area (Å²) in [5.74, 6) is 0. The molecule has 1 rings (SSSR count). The first-order chi connectivity index (χ1) is 6.61. The molecule has 0 aliphatic carbocycles. The zero-order valence-corrected chi connectivity index (χ0v) is 9.09. The molecule has 1 aromatic carbocycles. The first-order valence-corrected chi connectivity index (χ1v) is 5.03. The molecule has 0 fully saturated rings. The maximum absolute atomic E-state index is 9.21. The van der Waals surface area contributed by atoms with Crippen molar-refractivity contribution in [2.75, 3.05) is 13.2 Å². The predicted molar refractivity (Wildman–Crippen MR) is 59.4 cm³/mol. The summed E-state index contributed by atoms with van der Waals surface area (Å²) in [4.78, 5) is 0. The summed E-state index contributed by atoms with van der Waals surface area (Å²) in [7, 11) is 0. The van der Waals surface area contributed by atoms with E-state index in [1.165, 1.54) is 0 Å². The molecule has 0 amide bonds. The Morgan fingerprint density at radius 1 is 1.43 bits per heavy atom. The molecule has 0 aliphatic heterocycles. The van der Waals surface area contributed by atoms with Crippen LogP contribution in [0.1, 0.15) is 12.5 Å². The lowest BCUT2D eigenvalue weighted by Gasteiger charge is -2.25. The largest absolute Gasteiger partial charge is 0.396 e. The van der Waals surface area contributed by atoms with E-state index >= 15 is 0 Å². The lowest BCUT2D eigenvalue weighted by atomic mass is 9.84. The van der Waals surface area contributed by atoms with Crippen molar-refractivity contribution in [1.82, 2.24) is 0 Å². The minimum atomic E-state index is -0.273. The van der Waals surface area contributed by atoms with Crippen molar-refractivity contribution < 1.29 is 5.11 Å². The Balaban J connectivity index is 2.82. The van der Waals surface area contributed by atoms with Gasteiger partial charge in [-0.15, -0.1) is 0 Å². The van der Waals surface area contributed by atoms with E-state index in [9.17, 15) is 5.11 Å². The smallest absolute Gasteiger partial charge is 0.0500 e. The summed E-state index contributed by atoms with van der Waals surface area (Å²) in [6.07, 6.45) is 0.708. The fourth-order valence-corrected chi connectivity index (χ4v) is 1.50. The van der Waals surface area contributed by atoms with Crippen LogP contribution in [-0.2, 0) is 6.42 Å². The first kappa shape index (κ1) is 11.5. The van der Waals surface area contributed by atoms with E-state index < -0.39 is 0 Å². The molecule has 0 bridgehead atoms. The van der Waals surface area contributed by atoms with Crippen LogP contribution in [0, 0.1) is 5.41 Å². The molecule has 0 aliphatic rings. The number of rotatable bonds is 4. The SMILES string of the molecule is CC(CN)(CO)Cc1ccccc1Cl. The van der Waals surface area contributed by atoms with Crippen LogP contribution in [0.2, 0.25) is 5.02 Å². The third kappa shape index (κ3) is 2.71. The van der Waals surface area contributed by atoms with Crippen LogP contribution in [0.5, 0.6) is 0 Å². The molecule has 3 N–H and O–H groups in total. The van der Waals surface area contributed by atoms with E-state index in [0.29, 0.717) is 13.0 Å². The van der Waals surface area contributed by atoms with Gasteiger partial charge in [-0.1, -0.05) is 36.7 Å². The molecule has 1 atom stereocenters. The third-order valence-corrected chi connectivity index (χ3v) is 2.82. The fourth-order valence-electron chi connectivity index (χ4n) is 1.29. The summed E-state index contributed by atoms with van der Waals surface area (Å²) >= 11 is 6.02. The summed E-state index contributed by atoms with van der Waals surface area (Å²) in [5.41, 5.74) is 6.38. The van der Waals surface area contributed by atoms with Crippen molar-refractivity contribution in [2.24, 2.45) is 11.1 Å². The van der Waals surface area contributed by atoms with Crippen LogP contribution in [0.15, 0.2) is 24.3 Å². The van der Waals surface area contributed by atoms with Crippen molar-refractivity contribution in [2.45, 2.75) is 13.3 Å². The van der Waals surface area contributed by atoms with Gasteiger partial charge in [0, 0.05) is 23.6 Å². The minimum absolute atomic E-state index is 0.0781. The van der Waals surface area contributed by atoms with Crippen molar-refractivity contribution in [3.8, 4) is 0 Å². The molecular formula is C11H16ClNO. The first-order valence-electron chi connectivity index (χ1n) is 4.66. The van der Waals surface area contributed by atoms with Gasteiger partial charge in [0.1, 0.15) is 0 Å². The van der Waals surface area contributed by atoms with Gasteiger partial charge in [0.25, 0.3) is 0 Å². The Hall–Kier alpha value is -0.570. The second kappa shape index (κ2) is 4.78. The predicted octanol–water partition coefficient (Wildman–Crippen LogP) is 1.84. The summed E-state index contributed by atoms with van der Waals surface area (Å²) < 4.78 is 0. The normalized spacial score (nSPS) is 15.1. The molecule has 1 aromatic rings. The monoisotopic (exact) mass is 213 g/mol. The van der Waals surface area contributed by atoms with Crippen LogP contribution in [0.3, 0.4) is 0 Å². The Labute approximate surface area is 89.7 Å². The van der Waals surface area contributed by atoms with Gasteiger partial charge < -0.3 is 10.8 Å². The Kier molecular flexibility index (Phi) is 3.93. The average Bonchev–Trinajstić information content (AvgIpc) is 2.21. The molecule has 14 heavy (non-hydrogen) atoms. The molecule has 0 radical (unpaired) electrons. The van der Waals surface area contributed by atoms with Gasteiger partial charge in [0.15, 0.2) is 0 Å². The molecule has 0 saturated heterocycles. The second-order valence-corrected chi connectivity index (χ2v) is 4.35. The number of hydrogen-bond donors (Lipinski definition) is 2. The maximum Gasteiger partial charge on any atom is 0.0500 e. The molecule has 3 heteroatoms. The van der Waals surface area contributed by atoms with Gasteiger partial charge in [-0.05, 0) is 18.1 Å². The van der Waals surface area contributed by atoms with Gasteiger partial charge in [-0.2, -0.15) is 0 Å². The van der Waals surface area contributed by atoms with E-state index in [4.69, 9.17) is 17.3 Å². The number of aliphatic hydroxyl groups is 1. The Morgan fingerprint density at radius 3 is 2.57 bits per heavy atom. The average molecular weight is 214 g/mol. The molecular weight excluding hydrogens is 198 g/mol. The zero-order valence-electron chi connectivity index (χ0n) is 8.33. The molecule has 0 heterocycles. The Morgan fingerprint density at radius 2 is 2.07 bits per heavy atom. The highest BCUT2D eigenvalue weighted by atomic mass is 35.5. The van der Waals surface area contributed by atoms with Gasteiger partial charge >= 0.3 is 0 Å². The second-order valence-electron chi connectivity index (χ2n) is 3.94. The number of nitrogens with two attached hydrogens (primary N) is 1. The molecule has 0 spiro atoms. The topological polar surface area (TPSA) is 46.2 Å². The van der Waals surface area contributed by atoms with E-state index in [-0.39, 0.29) is 12.0 Å². The number of halogens is 1. The van der Waals surface area contributed by atoms with Gasteiger partial charge in [-0.25, -0.2) is 0 Å². The van der Waals surface area contributed by atoms with Crippen LogP contribution in [-0.4, -0.2) is 18.3 Å². The third-order valence-electron chi connectivity index (χ3n) is 2.45. The van der Waals surface area contributed by atoms with E-state index in [1.807, 2.05) is 31.2 Å². The standard InChI is InChI=1S/C11H16ClNO/c1-11(7-13,8-14)6-9-4-2-3-5-10(9)12/h2-5,14H,6-8,13H2,1H3. The number of hydrogen-bond acceptors (Lipinski definition) is 2. The fraction of sp³-hybridized carbons (Fsp3) is 0.455. The van der Waals surface area contributed by atoms with Crippen LogP contribution in [0.4, 0.5) is 0 Å².